The largest absolute Gasteiger partial charge is 0.327 e. The monoisotopic (exact) mass is 316 g/mol. The van der Waals surface area contributed by atoms with E-state index in [9.17, 15) is 4.79 Å². The third kappa shape index (κ3) is 2.41. The molecule has 0 atom stereocenters. The number of anilines is 1. The Bertz CT molecular complexity index is 787. The third-order valence-corrected chi connectivity index (χ3v) is 3.68. The molecule has 0 spiro atoms. The van der Waals surface area contributed by atoms with Gasteiger partial charge in [0, 0.05) is 31.5 Å². The molecule has 1 saturated heterocycles. The van der Waals surface area contributed by atoms with E-state index in [1.54, 1.807) is 27.8 Å². The number of carbonyl (C=O) groups excluding carboxylic acids is 1. The summed E-state index contributed by atoms with van der Waals surface area (Å²) in [6.07, 6.45) is 7.12. The van der Waals surface area contributed by atoms with Crippen LogP contribution < -0.4 is 10.2 Å². The van der Waals surface area contributed by atoms with E-state index in [0.717, 1.165) is 17.8 Å². The molecule has 1 N–H and O–H groups in total. The van der Waals surface area contributed by atoms with Gasteiger partial charge in [0.2, 0.25) is 0 Å². The highest BCUT2D eigenvalue weighted by atomic mass is 32.1. The molecule has 114 valence electrons. The van der Waals surface area contributed by atoms with Crippen LogP contribution in [0.1, 0.15) is 18.2 Å². The van der Waals surface area contributed by atoms with Crippen molar-refractivity contribution in [2.45, 2.75) is 20.4 Å². The molecule has 0 aliphatic carbocycles. The van der Waals surface area contributed by atoms with E-state index in [2.05, 4.69) is 15.5 Å². The molecule has 1 aliphatic heterocycles. The fourth-order valence-corrected chi connectivity index (χ4v) is 2.65. The molecule has 0 unspecified atom stereocenters. The highest BCUT2D eigenvalue weighted by Gasteiger charge is 2.33. The Hall–Kier alpha value is -2.48. The lowest BCUT2D eigenvalue weighted by Gasteiger charge is -2.11. The van der Waals surface area contributed by atoms with Crippen molar-refractivity contribution in [1.29, 1.82) is 0 Å². The zero-order chi connectivity index (χ0) is 15.9. The number of thiocarbonyl (C=S) groups is 1. The molecule has 2 aromatic heterocycles. The number of hydrogen-bond acceptors (Lipinski definition) is 4. The van der Waals surface area contributed by atoms with Crippen LogP contribution in [-0.2, 0) is 18.4 Å². The Labute approximate surface area is 133 Å². The molecule has 3 rings (SSSR count). The number of rotatable bonds is 3. The second kappa shape index (κ2) is 5.38. The molecule has 0 aromatic carbocycles. The van der Waals surface area contributed by atoms with E-state index in [1.807, 2.05) is 27.1 Å². The lowest BCUT2D eigenvalue weighted by molar-refractivity contribution is -0.113. The van der Waals surface area contributed by atoms with Crippen LogP contribution in [0.2, 0.25) is 0 Å². The van der Waals surface area contributed by atoms with Crippen LogP contribution in [-0.4, -0.2) is 30.6 Å². The van der Waals surface area contributed by atoms with Crippen LogP contribution in [0.15, 0.2) is 24.3 Å². The van der Waals surface area contributed by atoms with Gasteiger partial charge in [0.25, 0.3) is 5.91 Å². The second-order valence-corrected chi connectivity index (χ2v) is 5.42. The van der Waals surface area contributed by atoms with Gasteiger partial charge >= 0.3 is 0 Å². The summed E-state index contributed by atoms with van der Waals surface area (Å²) in [5, 5.41) is 11.8. The number of amides is 1. The fourth-order valence-electron chi connectivity index (χ4n) is 2.35. The van der Waals surface area contributed by atoms with Gasteiger partial charge in [-0.2, -0.15) is 10.2 Å². The van der Waals surface area contributed by atoms with E-state index in [4.69, 9.17) is 12.2 Å². The smallest absolute Gasteiger partial charge is 0.281 e. The number of nitrogens with one attached hydrogen (secondary N) is 1. The molecule has 0 bridgehead atoms. The molecule has 3 heterocycles. The Kier molecular flexibility index (Phi) is 3.53. The molecule has 0 saturated carbocycles. The van der Waals surface area contributed by atoms with Gasteiger partial charge in [-0.1, -0.05) is 0 Å². The summed E-state index contributed by atoms with van der Waals surface area (Å²) in [7, 11) is 1.81. The van der Waals surface area contributed by atoms with E-state index in [1.165, 1.54) is 4.90 Å². The van der Waals surface area contributed by atoms with Gasteiger partial charge in [0.15, 0.2) is 5.11 Å². The molecule has 2 aromatic rings. The third-order valence-electron chi connectivity index (χ3n) is 3.39. The van der Waals surface area contributed by atoms with Gasteiger partial charge in [-0.25, -0.2) is 4.90 Å². The van der Waals surface area contributed by atoms with Crippen LogP contribution in [0, 0.1) is 6.92 Å². The molecule has 1 fully saturated rings. The molecule has 1 aliphatic rings. The lowest BCUT2D eigenvalue weighted by atomic mass is 10.2. The van der Waals surface area contributed by atoms with Crippen molar-refractivity contribution in [1.82, 2.24) is 24.9 Å². The van der Waals surface area contributed by atoms with Gasteiger partial charge in [-0.05, 0) is 32.1 Å². The quantitative estimate of drug-likeness (QED) is 0.681. The van der Waals surface area contributed by atoms with Crippen molar-refractivity contribution in [2.24, 2.45) is 7.05 Å². The summed E-state index contributed by atoms with van der Waals surface area (Å²) in [4.78, 5) is 14.1. The van der Waals surface area contributed by atoms with Crippen LogP contribution >= 0.6 is 12.2 Å². The summed E-state index contributed by atoms with van der Waals surface area (Å²) < 4.78 is 3.46. The van der Waals surface area contributed by atoms with Gasteiger partial charge in [-0.3, -0.25) is 14.2 Å². The Morgan fingerprint density at radius 3 is 2.77 bits per heavy atom. The minimum absolute atomic E-state index is 0.189. The zero-order valence-corrected chi connectivity index (χ0v) is 13.4. The first-order chi connectivity index (χ1) is 10.5. The molecule has 8 heteroatoms. The average molecular weight is 316 g/mol. The van der Waals surface area contributed by atoms with Crippen molar-refractivity contribution in [3.8, 4) is 0 Å². The van der Waals surface area contributed by atoms with Gasteiger partial charge in [0.05, 0.1) is 17.6 Å². The maximum atomic E-state index is 12.6. The predicted molar refractivity (Wildman–Crippen MR) is 87.0 cm³/mol. The predicted octanol–water partition coefficient (Wildman–Crippen LogP) is 1.21. The SMILES string of the molecule is CCn1cc(/C=C2/NC(=S)N(c3cn(C)nc3C)C2=O)cn1. The maximum absolute atomic E-state index is 12.6. The zero-order valence-electron chi connectivity index (χ0n) is 12.6. The van der Waals surface area contributed by atoms with Crippen LogP contribution in [0.25, 0.3) is 6.08 Å². The highest BCUT2D eigenvalue weighted by molar-refractivity contribution is 7.80. The van der Waals surface area contributed by atoms with Crippen molar-refractivity contribution >= 4 is 35.0 Å². The van der Waals surface area contributed by atoms with Crippen molar-refractivity contribution < 1.29 is 4.79 Å². The first-order valence-corrected chi connectivity index (χ1v) is 7.30. The maximum Gasteiger partial charge on any atom is 0.281 e. The summed E-state index contributed by atoms with van der Waals surface area (Å²) >= 11 is 5.29. The Morgan fingerprint density at radius 1 is 1.41 bits per heavy atom. The van der Waals surface area contributed by atoms with Gasteiger partial charge in [-0.15, -0.1) is 0 Å². The van der Waals surface area contributed by atoms with Crippen molar-refractivity contribution in [3.63, 3.8) is 0 Å². The van der Waals surface area contributed by atoms with Crippen LogP contribution in [0.3, 0.4) is 0 Å². The average Bonchev–Trinajstić information content (AvgIpc) is 3.11. The number of nitrogens with zero attached hydrogens (tertiary/aromatic N) is 5. The second-order valence-electron chi connectivity index (χ2n) is 5.03. The number of carbonyl (C=O) groups is 1. The van der Waals surface area contributed by atoms with Gasteiger partial charge in [0.1, 0.15) is 5.70 Å². The minimum atomic E-state index is -0.189. The standard InChI is InChI=1S/C14H16N6OS/c1-4-19-7-10(6-15-19)5-11-13(21)20(14(22)16-11)12-8-18(3)17-9(12)2/h5-8H,4H2,1-3H3,(H,16,22)/b11-5+. The molecular formula is C14H16N6OS. The van der Waals surface area contributed by atoms with E-state index < -0.39 is 0 Å². The molecule has 22 heavy (non-hydrogen) atoms. The summed E-state index contributed by atoms with van der Waals surface area (Å²) in [6.45, 7) is 4.63. The summed E-state index contributed by atoms with van der Waals surface area (Å²) in [6, 6.07) is 0. The minimum Gasteiger partial charge on any atom is -0.327 e. The van der Waals surface area contributed by atoms with Crippen molar-refractivity contribution in [2.75, 3.05) is 4.90 Å². The first kappa shape index (κ1) is 14.5. The van der Waals surface area contributed by atoms with E-state index in [0.29, 0.717) is 16.5 Å². The van der Waals surface area contributed by atoms with Gasteiger partial charge < -0.3 is 5.32 Å². The van der Waals surface area contributed by atoms with Crippen LogP contribution in [0.4, 0.5) is 5.69 Å². The van der Waals surface area contributed by atoms with Crippen molar-refractivity contribution in [3.05, 3.63) is 35.5 Å². The fraction of sp³-hybridized carbons (Fsp3) is 0.286. The molecule has 0 radical (unpaired) electrons. The Morgan fingerprint density at radius 2 is 2.18 bits per heavy atom. The van der Waals surface area contributed by atoms with E-state index >= 15 is 0 Å². The van der Waals surface area contributed by atoms with E-state index in [-0.39, 0.29) is 5.91 Å². The van der Waals surface area contributed by atoms with Crippen LogP contribution in [0.5, 0.6) is 0 Å². The summed E-state index contributed by atoms with van der Waals surface area (Å²) in [5.74, 6) is -0.189. The topological polar surface area (TPSA) is 68.0 Å². The lowest BCUT2D eigenvalue weighted by Crippen LogP contribution is -2.30. The molecule has 1 amide bonds. The number of aromatic nitrogens is 4. The highest BCUT2D eigenvalue weighted by Crippen LogP contribution is 2.24. The summed E-state index contributed by atoms with van der Waals surface area (Å²) in [5.41, 5.74) is 2.73. The first-order valence-electron chi connectivity index (χ1n) is 6.89. The molecule has 7 nitrogen and oxygen atoms in total. The number of aryl methyl sites for hydroxylation is 3. The molecular weight excluding hydrogens is 300 g/mol. The number of hydrogen-bond donors (Lipinski definition) is 1. The normalized spacial score (nSPS) is 16.7. The Balaban J connectivity index is 1.92.